The van der Waals surface area contributed by atoms with E-state index in [1.807, 2.05) is 57.3 Å². The Balaban J connectivity index is 1.67. The minimum Gasteiger partial charge on any atom is -0.324 e. The van der Waals surface area contributed by atoms with Gasteiger partial charge in [-0.25, -0.2) is 0 Å². The second-order valence-corrected chi connectivity index (χ2v) is 8.52. The Bertz CT molecular complexity index is 1170. The van der Waals surface area contributed by atoms with Crippen molar-refractivity contribution in [3.05, 3.63) is 63.9 Å². The monoisotopic (exact) mass is 472 g/mol. The summed E-state index contributed by atoms with van der Waals surface area (Å²) in [6.07, 6.45) is 1.62. The molecule has 0 aliphatic rings. The zero-order chi connectivity index (χ0) is 22.0. The van der Waals surface area contributed by atoms with Gasteiger partial charge in [-0.1, -0.05) is 23.2 Å². The Kier molecular flexibility index (Phi) is 6.26. The molecule has 0 spiro atoms. The maximum atomic E-state index is 6.14. The van der Waals surface area contributed by atoms with Gasteiger partial charge in [0.05, 0.1) is 0 Å². The fourth-order valence-electron chi connectivity index (χ4n) is 2.66. The van der Waals surface area contributed by atoms with Gasteiger partial charge in [-0.2, -0.15) is 15.0 Å². The highest BCUT2D eigenvalue weighted by Gasteiger charge is 2.12. The number of rotatable bonds is 6. The predicted octanol–water partition coefficient (Wildman–Crippen LogP) is 5.56. The van der Waals surface area contributed by atoms with E-state index in [0.29, 0.717) is 32.3 Å². The average Bonchev–Trinajstić information content (AvgIpc) is 3.12. The third-order valence-corrected chi connectivity index (χ3v) is 6.06. The number of halogens is 2. The van der Waals surface area contributed by atoms with Crippen LogP contribution in [0.4, 0.5) is 23.3 Å². The van der Waals surface area contributed by atoms with Crippen molar-refractivity contribution in [2.75, 3.05) is 10.6 Å². The summed E-state index contributed by atoms with van der Waals surface area (Å²) in [6, 6.07) is 11.2. The summed E-state index contributed by atoms with van der Waals surface area (Å²) in [5.74, 6) is 0.768. The van der Waals surface area contributed by atoms with Crippen LogP contribution in [-0.4, -0.2) is 29.7 Å². The molecule has 31 heavy (non-hydrogen) atoms. The van der Waals surface area contributed by atoms with E-state index in [2.05, 4.69) is 35.8 Å². The van der Waals surface area contributed by atoms with Gasteiger partial charge in [-0.15, -0.1) is 10.2 Å². The van der Waals surface area contributed by atoms with E-state index in [0.717, 1.165) is 22.5 Å². The molecule has 2 aromatic heterocycles. The molecule has 2 heterocycles. The molecule has 8 nitrogen and oxygen atoms in total. The summed E-state index contributed by atoms with van der Waals surface area (Å²) in [5.41, 5.74) is 3.53. The number of nitrogens with zero attached hydrogens (tertiary/aromatic N) is 6. The molecule has 0 aliphatic heterocycles. The second kappa shape index (κ2) is 9.09. The van der Waals surface area contributed by atoms with Crippen molar-refractivity contribution in [3.8, 4) is 0 Å². The molecule has 0 unspecified atom stereocenters. The first-order valence-electron chi connectivity index (χ1n) is 9.21. The molecular formula is C20H18Cl2N8S. The van der Waals surface area contributed by atoms with E-state index >= 15 is 0 Å². The third kappa shape index (κ3) is 5.25. The molecule has 0 amide bonds. The van der Waals surface area contributed by atoms with Gasteiger partial charge in [-0.05, 0) is 73.1 Å². The number of benzene rings is 2. The zero-order valence-corrected chi connectivity index (χ0v) is 19.2. The lowest BCUT2D eigenvalue weighted by Gasteiger charge is -2.11. The van der Waals surface area contributed by atoms with E-state index in [1.54, 1.807) is 10.9 Å². The zero-order valence-electron chi connectivity index (χ0n) is 16.9. The quantitative estimate of drug-likeness (QED) is 0.376. The van der Waals surface area contributed by atoms with Crippen molar-refractivity contribution in [1.82, 2.24) is 29.7 Å². The summed E-state index contributed by atoms with van der Waals surface area (Å²) in [6.45, 7) is 3.87. The van der Waals surface area contributed by atoms with E-state index < -0.39 is 0 Å². The summed E-state index contributed by atoms with van der Waals surface area (Å²) in [7, 11) is 1.86. The molecule has 2 aromatic carbocycles. The van der Waals surface area contributed by atoms with Crippen LogP contribution in [0.15, 0.2) is 53.0 Å². The molecule has 2 N–H and O–H groups in total. The van der Waals surface area contributed by atoms with Gasteiger partial charge in [0.2, 0.25) is 17.1 Å². The van der Waals surface area contributed by atoms with Gasteiger partial charge in [0.25, 0.3) is 0 Å². The SMILES string of the molecule is Cc1cc(Nc2nc(Nc3ccc(Cl)c(C)c3)nc(Sc3nncn3C)n2)ccc1Cl. The molecule has 4 rings (SSSR count). The van der Waals surface area contributed by atoms with E-state index in [9.17, 15) is 0 Å². The fourth-order valence-corrected chi connectivity index (χ4v) is 3.61. The number of hydrogen-bond acceptors (Lipinski definition) is 8. The van der Waals surface area contributed by atoms with Crippen molar-refractivity contribution >= 4 is 58.2 Å². The van der Waals surface area contributed by atoms with E-state index in [4.69, 9.17) is 23.2 Å². The van der Waals surface area contributed by atoms with Crippen LogP contribution in [0.1, 0.15) is 11.1 Å². The molecular weight excluding hydrogens is 455 g/mol. The first-order chi connectivity index (χ1) is 14.9. The molecule has 0 fully saturated rings. The molecule has 0 aliphatic carbocycles. The number of aryl methyl sites for hydroxylation is 3. The summed E-state index contributed by atoms with van der Waals surface area (Å²) in [5, 5.41) is 16.9. The molecule has 0 atom stereocenters. The minimum absolute atomic E-state index is 0.384. The van der Waals surface area contributed by atoms with Gasteiger partial charge in [0.1, 0.15) is 6.33 Å². The van der Waals surface area contributed by atoms with E-state index in [1.165, 1.54) is 11.8 Å². The highest BCUT2D eigenvalue weighted by atomic mass is 35.5. The van der Waals surface area contributed by atoms with Crippen LogP contribution in [0.2, 0.25) is 10.0 Å². The maximum Gasteiger partial charge on any atom is 0.233 e. The van der Waals surface area contributed by atoms with Gasteiger partial charge in [0.15, 0.2) is 5.16 Å². The normalized spacial score (nSPS) is 10.9. The Morgan fingerprint density at radius 2 is 1.39 bits per heavy atom. The predicted molar refractivity (Wildman–Crippen MR) is 124 cm³/mol. The van der Waals surface area contributed by atoms with Crippen molar-refractivity contribution < 1.29 is 0 Å². The largest absolute Gasteiger partial charge is 0.324 e. The molecule has 4 aromatic rings. The molecule has 0 saturated heterocycles. The van der Waals surface area contributed by atoms with E-state index in [-0.39, 0.29) is 0 Å². The van der Waals surface area contributed by atoms with Gasteiger partial charge < -0.3 is 15.2 Å². The number of aromatic nitrogens is 6. The van der Waals surface area contributed by atoms with Crippen LogP contribution >= 0.6 is 35.0 Å². The van der Waals surface area contributed by atoms with Crippen molar-refractivity contribution in [3.63, 3.8) is 0 Å². The summed E-state index contributed by atoms with van der Waals surface area (Å²) < 4.78 is 1.79. The highest BCUT2D eigenvalue weighted by Crippen LogP contribution is 2.27. The van der Waals surface area contributed by atoms with Crippen LogP contribution in [0.5, 0.6) is 0 Å². The Morgan fingerprint density at radius 3 is 1.84 bits per heavy atom. The smallest absolute Gasteiger partial charge is 0.233 e. The number of hydrogen-bond donors (Lipinski definition) is 2. The minimum atomic E-state index is 0.384. The van der Waals surface area contributed by atoms with Crippen LogP contribution in [-0.2, 0) is 7.05 Å². The average molecular weight is 473 g/mol. The van der Waals surface area contributed by atoms with Crippen LogP contribution in [0.3, 0.4) is 0 Å². The first-order valence-corrected chi connectivity index (χ1v) is 10.8. The van der Waals surface area contributed by atoms with Crippen LogP contribution in [0, 0.1) is 13.8 Å². The summed E-state index contributed by atoms with van der Waals surface area (Å²) >= 11 is 13.6. The Morgan fingerprint density at radius 1 is 0.839 bits per heavy atom. The second-order valence-electron chi connectivity index (χ2n) is 6.77. The Labute approximate surface area is 193 Å². The standard InChI is InChI=1S/C20H18Cl2N8S/c1-11-8-13(4-6-15(11)21)24-17-26-18(25-14-5-7-16(22)12(2)9-14)28-19(27-17)31-20-29-23-10-30(20)3/h4-10H,1-3H3,(H2,24,25,26,27,28). The lowest BCUT2D eigenvalue weighted by molar-refractivity contribution is 0.783. The lowest BCUT2D eigenvalue weighted by atomic mass is 10.2. The number of nitrogens with one attached hydrogen (secondary N) is 2. The van der Waals surface area contributed by atoms with Gasteiger partial charge >= 0.3 is 0 Å². The topological polar surface area (TPSA) is 93.4 Å². The van der Waals surface area contributed by atoms with Gasteiger partial charge in [-0.3, -0.25) is 0 Å². The lowest BCUT2D eigenvalue weighted by Crippen LogP contribution is -2.06. The Hall–Kier alpha value is -2.88. The molecule has 0 bridgehead atoms. The fraction of sp³-hybridized carbons (Fsp3) is 0.150. The number of anilines is 4. The van der Waals surface area contributed by atoms with Crippen LogP contribution < -0.4 is 10.6 Å². The molecule has 158 valence electrons. The maximum absolute atomic E-state index is 6.14. The highest BCUT2D eigenvalue weighted by molar-refractivity contribution is 7.99. The van der Waals surface area contributed by atoms with Crippen LogP contribution in [0.25, 0.3) is 0 Å². The third-order valence-electron chi connectivity index (χ3n) is 4.30. The molecule has 0 saturated carbocycles. The summed E-state index contributed by atoms with van der Waals surface area (Å²) in [4.78, 5) is 13.6. The van der Waals surface area contributed by atoms with Crippen molar-refractivity contribution in [2.24, 2.45) is 7.05 Å². The molecule has 11 heteroatoms. The van der Waals surface area contributed by atoms with Gasteiger partial charge in [0, 0.05) is 28.5 Å². The molecule has 0 radical (unpaired) electrons. The van der Waals surface area contributed by atoms with Crippen molar-refractivity contribution in [1.29, 1.82) is 0 Å². The van der Waals surface area contributed by atoms with Crippen molar-refractivity contribution in [2.45, 2.75) is 24.2 Å². The first kappa shape index (κ1) is 21.4.